The molecule has 2 aliphatic rings. The molecule has 96 valence electrons. The average molecular weight is 251 g/mol. The Kier molecular flexibility index (Phi) is 2.31. The van der Waals surface area contributed by atoms with Gasteiger partial charge in [0.25, 0.3) is 0 Å². The van der Waals surface area contributed by atoms with Crippen molar-refractivity contribution in [2.45, 2.75) is 25.3 Å². The molecule has 0 radical (unpaired) electrons. The number of rotatable bonds is 0. The van der Waals surface area contributed by atoms with E-state index in [1.807, 2.05) is 6.07 Å². The van der Waals surface area contributed by atoms with Gasteiger partial charge in [-0.1, -0.05) is 35.9 Å². The number of anilines is 1. The predicted molar refractivity (Wildman–Crippen MR) is 76.8 cm³/mol. The van der Waals surface area contributed by atoms with Crippen molar-refractivity contribution in [3.8, 4) is 5.75 Å². The fourth-order valence-electron chi connectivity index (χ4n) is 3.35. The van der Waals surface area contributed by atoms with Gasteiger partial charge in [0.15, 0.2) is 0 Å². The molecule has 4 rings (SSSR count). The summed E-state index contributed by atoms with van der Waals surface area (Å²) in [7, 11) is 0. The van der Waals surface area contributed by atoms with Crippen molar-refractivity contribution in [2.24, 2.45) is 0 Å². The number of hydrogen-bond acceptors (Lipinski definition) is 2. The Morgan fingerprint density at radius 3 is 2.95 bits per heavy atom. The first-order chi connectivity index (χ1) is 9.33. The lowest BCUT2D eigenvalue weighted by Gasteiger charge is -2.18. The number of hydrogen-bond donors (Lipinski definition) is 1. The second-order valence-corrected chi connectivity index (χ2v) is 5.49. The van der Waals surface area contributed by atoms with Crippen molar-refractivity contribution in [1.29, 1.82) is 0 Å². The first-order valence-electron chi connectivity index (χ1n) is 6.92. The zero-order chi connectivity index (χ0) is 12.8. The maximum absolute atomic E-state index is 5.89. The molecule has 2 heterocycles. The molecule has 0 amide bonds. The number of fused-ring (bicyclic) bond motifs is 5. The molecule has 0 spiro atoms. The van der Waals surface area contributed by atoms with E-state index in [1.54, 1.807) is 0 Å². The van der Waals surface area contributed by atoms with E-state index in [2.05, 4.69) is 48.6 Å². The molecule has 2 heteroatoms. The van der Waals surface area contributed by atoms with E-state index in [0.29, 0.717) is 12.0 Å². The lowest BCUT2D eigenvalue weighted by molar-refractivity contribution is 0.309. The molecule has 19 heavy (non-hydrogen) atoms. The van der Waals surface area contributed by atoms with Crippen LogP contribution >= 0.6 is 0 Å². The third kappa shape index (κ3) is 1.63. The molecular weight excluding hydrogens is 234 g/mol. The first kappa shape index (κ1) is 10.9. The van der Waals surface area contributed by atoms with Crippen LogP contribution in [0.1, 0.15) is 35.1 Å². The monoisotopic (exact) mass is 251 g/mol. The van der Waals surface area contributed by atoms with Crippen molar-refractivity contribution in [3.05, 3.63) is 59.2 Å². The largest absolute Gasteiger partial charge is 0.493 e. The fourth-order valence-corrected chi connectivity index (χ4v) is 3.35. The van der Waals surface area contributed by atoms with Crippen LogP contribution in [-0.4, -0.2) is 6.61 Å². The molecule has 0 unspecified atom stereocenters. The van der Waals surface area contributed by atoms with Gasteiger partial charge in [0.2, 0.25) is 0 Å². The average Bonchev–Trinajstić information content (AvgIpc) is 2.67. The second kappa shape index (κ2) is 4.02. The SMILES string of the molecule is Cc1ccc2c(c1)[C@H]1CCOc3ccccc3[C@@H]1N2. The highest BCUT2D eigenvalue weighted by molar-refractivity contribution is 5.63. The van der Waals surface area contributed by atoms with Crippen molar-refractivity contribution in [3.63, 3.8) is 0 Å². The van der Waals surface area contributed by atoms with Crippen LogP contribution in [0.3, 0.4) is 0 Å². The van der Waals surface area contributed by atoms with Crippen LogP contribution < -0.4 is 10.1 Å². The van der Waals surface area contributed by atoms with Crippen LogP contribution in [0, 0.1) is 6.92 Å². The van der Waals surface area contributed by atoms with Gasteiger partial charge in [0.1, 0.15) is 5.75 Å². The molecule has 2 aromatic carbocycles. The highest BCUT2D eigenvalue weighted by atomic mass is 16.5. The van der Waals surface area contributed by atoms with Gasteiger partial charge in [-0.05, 0) is 31.0 Å². The number of para-hydroxylation sites is 1. The maximum atomic E-state index is 5.89. The van der Waals surface area contributed by atoms with Crippen molar-refractivity contribution >= 4 is 5.69 Å². The normalized spacial score (nSPS) is 23.4. The van der Waals surface area contributed by atoms with Gasteiger partial charge in [-0.2, -0.15) is 0 Å². The molecule has 1 N–H and O–H groups in total. The Morgan fingerprint density at radius 1 is 1.11 bits per heavy atom. The van der Waals surface area contributed by atoms with Gasteiger partial charge in [0, 0.05) is 17.2 Å². The van der Waals surface area contributed by atoms with Gasteiger partial charge in [-0.25, -0.2) is 0 Å². The summed E-state index contributed by atoms with van der Waals surface area (Å²) in [5.74, 6) is 1.56. The summed E-state index contributed by atoms with van der Waals surface area (Å²) in [6, 6.07) is 15.5. The standard InChI is InChI=1S/C17H17NO/c1-11-6-7-15-14(10-11)12-8-9-19-16-5-3-2-4-13(16)17(12)18-15/h2-7,10,12,17-18H,8-9H2,1H3/t12-,17-/m1/s1. The minimum absolute atomic E-state index is 0.357. The molecule has 0 bridgehead atoms. The third-order valence-electron chi connectivity index (χ3n) is 4.26. The van der Waals surface area contributed by atoms with Crippen molar-refractivity contribution in [2.75, 3.05) is 11.9 Å². The Balaban J connectivity index is 1.84. The number of nitrogens with one attached hydrogen (secondary N) is 1. The van der Waals surface area contributed by atoms with E-state index in [0.717, 1.165) is 18.8 Å². The van der Waals surface area contributed by atoms with Crippen molar-refractivity contribution in [1.82, 2.24) is 0 Å². The summed E-state index contributed by atoms with van der Waals surface area (Å²) in [5.41, 5.74) is 5.36. The smallest absolute Gasteiger partial charge is 0.124 e. The van der Waals surface area contributed by atoms with Crippen LogP contribution in [-0.2, 0) is 0 Å². The van der Waals surface area contributed by atoms with E-state index >= 15 is 0 Å². The number of aryl methyl sites for hydroxylation is 1. The van der Waals surface area contributed by atoms with Gasteiger partial charge in [-0.15, -0.1) is 0 Å². The second-order valence-electron chi connectivity index (χ2n) is 5.49. The molecular formula is C17H17NO. The molecule has 0 fully saturated rings. The summed E-state index contributed by atoms with van der Waals surface area (Å²) >= 11 is 0. The summed E-state index contributed by atoms with van der Waals surface area (Å²) in [4.78, 5) is 0. The summed E-state index contributed by atoms with van der Waals surface area (Å²) < 4.78 is 5.89. The fraction of sp³-hybridized carbons (Fsp3) is 0.294. The van der Waals surface area contributed by atoms with E-state index in [9.17, 15) is 0 Å². The van der Waals surface area contributed by atoms with Crippen LogP contribution in [0.2, 0.25) is 0 Å². The molecule has 2 atom stereocenters. The third-order valence-corrected chi connectivity index (χ3v) is 4.26. The maximum Gasteiger partial charge on any atom is 0.124 e. The van der Waals surface area contributed by atoms with Gasteiger partial charge < -0.3 is 10.1 Å². The van der Waals surface area contributed by atoms with Crippen LogP contribution in [0.25, 0.3) is 0 Å². The predicted octanol–water partition coefficient (Wildman–Crippen LogP) is 4.03. The Morgan fingerprint density at radius 2 is 2.00 bits per heavy atom. The molecule has 2 aliphatic heterocycles. The topological polar surface area (TPSA) is 21.3 Å². The zero-order valence-corrected chi connectivity index (χ0v) is 11.0. The quantitative estimate of drug-likeness (QED) is 0.763. The van der Waals surface area contributed by atoms with E-state index in [4.69, 9.17) is 4.74 Å². The van der Waals surface area contributed by atoms with Gasteiger partial charge in [0.05, 0.1) is 12.6 Å². The van der Waals surface area contributed by atoms with Crippen LogP contribution in [0.15, 0.2) is 42.5 Å². The molecule has 2 aromatic rings. The lowest BCUT2D eigenvalue weighted by Crippen LogP contribution is -2.10. The van der Waals surface area contributed by atoms with Crippen LogP contribution in [0.4, 0.5) is 5.69 Å². The minimum atomic E-state index is 0.357. The van der Waals surface area contributed by atoms with Crippen molar-refractivity contribution < 1.29 is 4.74 Å². The van der Waals surface area contributed by atoms with Gasteiger partial charge >= 0.3 is 0 Å². The molecule has 0 aromatic heterocycles. The number of benzene rings is 2. The number of ether oxygens (including phenoxy) is 1. The van der Waals surface area contributed by atoms with Gasteiger partial charge in [-0.3, -0.25) is 0 Å². The summed E-state index contributed by atoms with van der Waals surface area (Å²) in [5, 5.41) is 3.68. The van der Waals surface area contributed by atoms with E-state index < -0.39 is 0 Å². The van der Waals surface area contributed by atoms with E-state index in [-0.39, 0.29) is 0 Å². The molecule has 0 saturated carbocycles. The first-order valence-corrected chi connectivity index (χ1v) is 6.92. The molecule has 0 aliphatic carbocycles. The van der Waals surface area contributed by atoms with Crippen LogP contribution in [0.5, 0.6) is 5.75 Å². The Hall–Kier alpha value is -1.96. The Labute approximate surface area is 113 Å². The lowest BCUT2D eigenvalue weighted by atomic mass is 9.88. The molecule has 2 nitrogen and oxygen atoms in total. The summed E-state index contributed by atoms with van der Waals surface area (Å²) in [6.45, 7) is 2.96. The zero-order valence-electron chi connectivity index (χ0n) is 11.0. The highest BCUT2D eigenvalue weighted by Gasteiger charge is 2.36. The minimum Gasteiger partial charge on any atom is -0.493 e. The summed E-state index contributed by atoms with van der Waals surface area (Å²) in [6.07, 6.45) is 1.07. The van der Waals surface area contributed by atoms with E-state index in [1.165, 1.54) is 22.4 Å². The highest BCUT2D eigenvalue weighted by Crippen LogP contribution is 2.49. The Bertz CT molecular complexity index is 635. The molecule has 0 saturated heterocycles.